The van der Waals surface area contributed by atoms with E-state index in [9.17, 15) is 15.3 Å². The third-order valence-electron chi connectivity index (χ3n) is 10.0. The van der Waals surface area contributed by atoms with Crippen molar-refractivity contribution in [1.29, 1.82) is 0 Å². The molecule has 0 bridgehead atoms. The van der Waals surface area contributed by atoms with E-state index in [0.29, 0.717) is 30.7 Å². The number of aryl methyl sites for hydroxylation is 1. The number of aliphatic imine (C=N–C) groups is 1. The Morgan fingerprint density at radius 1 is 1.25 bits per heavy atom. The van der Waals surface area contributed by atoms with Gasteiger partial charge in [0.15, 0.2) is 23.2 Å². The molecule has 2 saturated carbocycles. The van der Waals surface area contributed by atoms with Crippen LogP contribution < -0.4 is 15.4 Å². The first-order valence-corrected chi connectivity index (χ1v) is 16.9. The predicted octanol–water partition coefficient (Wildman–Crippen LogP) is 4.55. The number of rotatable bonds is 16. The van der Waals surface area contributed by atoms with Crippen LogP contribution in [0.2, 0.25) is 0 Å². The van der Waals surface area contributed by atoms with Crippen molar-refractivity contribution in [3.8, 4) is 11.5 Å². The highest BCUT2D eigenvalue weighted by atomic mass is 16.5. The maximum Gasteiger partial charge on any atom is 0.196 e. The summed E-state index contributed by atoms with van der Waals surface area (Å²) in [5.74, 6) is 3.82. The Morgan fingerprint density at radius 2 is 2.11 bits per heavy atom. The molecule has 0 radical (unpaired) electrons. The number of nitrogens with zero attached hydrogens (tertiary/aromatic N) is 1. The first-order chi connectivity index (χ1) is 21.4. The van der Waals surface area contributed by atoms with Gasteiger partial charge in [0.2, 0.25) is 0 Å². The van der Waals surface area contributed by atoms with Crippen molar-refractivity contribution in [3.05, 3.63) is 59.2 Å². The van der Waals surface area contributed by atoms with Crippen LogP contribution in [0, 0.1) is 29.8 Å². The molecule has 4 aliphatic rings. The van der Waals surface area contributed by atoms with E-state index in [0.717, 1.165) is 73.9 Å². The van der Waals surface area contributed by atoms with E-state index in [-0.39, 0.29) is 30.6 Å². The second kappa shape index (κ2) is 15.7. The third-order valence-corrected chi connectivity index (χ3v) is 10.0. The summed E-state index contributed by atoms with van der Waals surface area (Å²) in [6, 6.07) is 5.47. The molecule has 2 aliphatic carbocycles. The number of hydrogen-bond acceptors (Lipinski definition) is 7. The highest BCUT2D eigenvalue weighted by Crippen LogP contribution is 2.48. The van der Waals surface area contributed by atoms with E-state index >= 15 is 0 Å². The number of benzene rings is 1. The van der Waals surface area contributed by atoms with Gasteiger partial charge in [-0.25, -0.2) is 0 Å². The lowest BCUT2D eigenvalue weighted by atomic mass is 9.77. The molecule has 8 nitrogen and oxygen atoms in total. The van der Waals surface area contributed by atoms with Gasteiger partial charge in [0, 0.05) is 32.5 Å². The zero-order valence-electron chi connectivity index (χ0n) is 26.9. The Labute approximate surface area is 264 Å². The molecular weight excluding hydrogens is 554 g/mol. The van der Waals surface area contributed by atoms with E-state index in [1.165, 1.54) is 37.3 Å². The van der Waals surface area contributed by atoms with Gasteiger partial charge in [-0.05, 0) is 75.6 Å². The molecule has 0 spiro atoms. The number of likely N-dealkylation sites (N-methyl/N-ethyl adjacent to an activating group) is 1. The van der Waals surface area contributed by atoms with Crippen molar-refractivity contribution < 1.29 is 24.8 Å². The lowest BCUT2D eigenvalue weighted by Gasteiger charge is -2.26. The van der Waals surface area contributed by atoms with E-state index in [2.05, 4.69) is 29.7 Å². The molecule has 6 N–H and O–H groups in total. The van der Waals surface area contributed by atoms with Crippen LogP contribution in [-0.2, 0) is 6.42 Å². The van der Waals surface area contributed by atoms with Crippen molar-refractivity contribution in [2.45, 2.75) is 96.3 Å². The molecule has 2 aliphatic heterocycles. The van der Waals surface area contributed by atoms with Crippen molar-refractivity contribution in [2.24, 2.45) is 22.7 Å². The van der Waals surface area contributed by atoms with Gasteiger partial charge < -0.3 is 30.1 Å². The Kier molecular flexibility index (Phi) is 11.7. The number of allylic oxidation sites excluding steroid dienone is 1. The molecule has 1 aromatic carbocycles. The van der Waals surface area contributed by atoms with E-state index in [4.69, 9.17) is 14.5 Å². The molecule has 5 rings (SSSR count). The van der Waals surface area contributed by atoms with Crippen LogP contribution in [0.15, 0.2) is 46.6 Å². The molecule has 1 aromatic rings. The highest BCUT2D eigenvalue weighted by Gasteiger charge is 2.49. The molecule has 0 amide bonds. The van der Waals surface area contributed by atoms with Crippen LogP contribution in [0.3, 0.4) is 0 Å². The average molecular weight is 609 g/mol. The second-order valence-electron chi connectivity index (χ2n) is 13.2. The molecule has 242 valence electrons. The molecular formula is C36H54N3O5+. The Bertz CT molecular complexity index is 1180. The number of fused-ring (bicyclic) bond motifs is 2. The quantitative estimate of drug-likeness (QED) is 0.139. The zero-order valence-corrected chi connectivity index (χ0v) is 26.9. The van der Waals surface area contributed by atoms with Crippen LogP contribution in [0.5, 0.6) is 11.5 Å². The molecule has 2 fully saturated rings. The van der Waals surface area contributed by atoms with Gasteiger partial charge in [-0.3, -0.25) is 5.32 Å². The fourth-order valence-electron chi connectivity index (χ4n) is 7.57. The lowest BCUT2D eigenvalue weighted by Crippen LogP contribution is -2.37. The number of ether oxygens (including phenoxy) is 2. The summed E-state index contributed by atoms with van der Waals surface area (Å²) in [6.07, 6.45) is 16.0. The highest BCUT2D eigenvalue weighted by molar-refractivity contribution is 6.03. The zero-order chi connectivity index (χ0) is 31.1. The summed E-state index contributed by atoms with van der Waals surface area (Å²) in [4.78, 5) is 5.15. The predicted molar refractivity (Wildman–Crippen MR) is 176 cm³/mol. The first-order valence-electron chi connectivity index (χ1n) is 16.9. The Balaban J connectivity index is 1.20. The molecule has 0 aromatic heterocycles. The molecule has 8 heteroatoms. The number of phenolic OH excluding ortho intramolecular Hbond substituents is 1. The fraction of sp³-hybridized carbons (Fsp3) is 0.639. The number of hydrogen-bond donors (Lipinski definition) is 5. The average Bonchev–Trinajstić information content (AvgIpc) is 3.74. The summed E-state index contributed by atoms with van der Waals surface area (Å²) in [5, 5.41) is 37.1. The van der Waals surface area contributed by atoms with Crippen LogP contribution in [0.4, 0.5) is 0 Å². The standard InChI is InChI=1S/C36H53N3O5/c1-4-5-9-35-26(21-40)17-27(44-35)13-10-24-11-15-34(42)36(16-24)43-22-33(37-3)32-18-29-30(20-38-19-23(2)41)28-8-6-7-25(28)12-14-31(29)39-32/h11,15-18,23,25,28,30,33,35,37-38,40-41,44H,4-10,12-14,19-22H2,1-3H3/p+1/t23-,25+,28-,30-,33-,35?/m0/s1. The monoisotopic (exact) mass is 608 g/mol. The number of aliphatic hydroxyl groups is 4. The lowest BCUT2D eigenvalue weighted by molar-refractivity contribution is -0.0550. The summed E-state index contributed by atoms with van der Waals surface area (Å²) >= 11 is 0. The van der Waals surface area contributed by atoms with E-state index in [1.807, 2.05) is 26.1 Å². The molecule has 1 unspecified atom stereocenters. The van der Waals surface area contributed by atoms with Crippen LogP contribution in [-0.4, -0.2) is 77.4 Å². The van der Waals surface area contributed by atoms with E-state index in [1.54, 1.807) is 6.07 Å². The maximum absolute atomic E-state index is 10.6. The van der Waals surface area contributed by atoms with Crippen LogP contribution in [0.25, 0.3) is 0 Å². The smallest absolute Gasteiger partial charge is 0.196 e. The number of unbranched alkanes of at least 4 members (excludes halogenated alkanes) is 1. The minimum Gasteiger partial charge on any atom is -0.504 e. The summed E-state index contributed by atoms with van der Waals surface area (Å²) in [5.41, 5.74) is 4.31. The van der Waals surface area contributed by atoms with Crippen molar-refractivity contribution in [1.82, 2.24) is 10.6 Å². The van der Waals surface area contributed by atoms with Crippen molar-refractivity contribution >= 4 is 5.71 Å². The minimum absolute atomic E-state index is 0.0636. The van der Waals surface area contributed by atoms with Gasteiger partial charge in [-0.2, -0.15) is 0 Å². The number of phenols is 1. The van der Waals surface area contributed by atoms with Gasteiger partial charge in [0.1, 0.15) is 30.4 Å². The number of aromatic hydroxyl groups is 1. The summed E-state index contributed by atoms with van der Waals surface area (Å²) < 4.78 is 11.1. The van der Waals surface area contributed by atoms with Crippen molar-refractivity contribution in [2.75, 3.05) is 33.4 Å². The third kappa shape index (κ3) is 8.01. The summed E-state index contributed by atoms with van der Waals surface area (Å²) in [7, 11) is 1.93. The maximum atomic E-state index is 10.6. The first kappa shape index (κ1) is 32.9. The topological polar surface area (TPSA) is 119 Å². The normalized spacial score (nSPS) is 26.1. The van der Waals surface area contributed by atoms with Crippen LogP contribution in [0.1, 0.15) is 77.2 Å². The summed E-state index contributed by atoms with van der Waals surface area (Å²) in [6.45, 7) is 5.90. The van der Waals surface area contributed by atoms with Gasteiger partial charge in [-0.1, -0.05) is 32.3 Å². The molecule has 6 atom stereocenters. The number of aliphatic hydroxyl groups excluding tert-OH is 2. The Morgan fingerprint density at radius 3 is 2.89 bits per heavy atom. The molecule has 44 heavy (non-hydrogen) atoms. The second-order valence-corrected chi connectivity index (χ2v) is 13.2. The van der Waals surface area contributed by atoms with E-state index < -0.39 is 0 Å². The minimum atomic E-state index is -0.357. The fourth-order valence-corrected chi connectivity index (χ4v) is 7.57. The SMILES string of the molecule is CCCCC1[OH+][C-](CCc2ccc(O)c(OC[C@H](NC)C3=C[C+]4C(=N3)CC[C@H]3CCC[C@@H]3[C@@H]4CNC[C@H](C)O)c2)C=C1CO. The number of nitrogens with one attached hydrogen (secondary N) is 2. The van der Waals surface area contributed by atoms with Crippen molar-refractivity contribution in [3.63, 3.8) is 0 Å². The Hall–Kier alpha value is -2.49. The largest absolute Gasteiger partial charge is 0.504 e. The van der Waals surface area contributed by atoms with Gasteiger partial charge in [-0.15, -0.1) is 16.6 Å². The van der Waals surface area contributed by atoms with Gasteiger partial charge in [0.25, 0.3) is 0 Å². The van der Waals surface area contributed by atoms with Gasteiger partial charge >= 0.3 is 0 Å². The molecule has 0 saturated heterocycles. The van der Waals surface area contributed by atoms with Crippen LogP contribution >= 0.6 is 0 Å². The van der Waals surface area contributed by atoms with Gasteiger partial charge in [0.05, 0.1) is 18.1 Å². The molecule has 2 heterocycles.